The van der Waals surface area contributed by atoms with Gasteiger partial charge >= 0.3 is 11.9 Å². The number of rotatable bonds is 8. The fourth-order valence-corrected chi connectivity index (χ4v) is 6.27. The van der Waals surface area contributed by atoms with Crippen LogP contribution in [0.25, 0.3) is 36.5 Å². The first-order valence-electron chi connectivity index (χ1n) is 14.3. The molecule has 42 heavy (non-hydrogen) atoms. The van der Waals surface area contributed by atoms with E-state index in [0.29, 0.717) is 12.8 Å². The minimum atomic E-state index is -0.859. The molecule has 8 bridgehead atoms. The van der Waals surface area contributed by atoms with Crippen molar-refractivity contribution in [1.29, 1.82) is 0 Å². The predicted octanol–water partition coefficient (Wildman–Crippen LogP) is 2.86. The maximum atomic E-state index is 11.6. The molecule has 0 spiro atoms. The van der Waals surface area contributed by atoms with Crippen molar-refractivity contribution in [3.63, 3.8) is 0 Å². The summed E-state index contributed by atoms with van der Waals surface area (Å²) in [4.78, 5) is 33.8. The third-order valence-corrected chi connectivity index (χ3v) is 8.76. The Hall–Kier alpha value is -4.72. The van der Waals surface area contributed by atoms with Crippen LogP contribution in [0.3, 0.4) is 0 Å². The zero-order valence-corrected chi connectivity index (χ0v) is 24.6. The molecule has 0 radical (unpaired) electrons. The molecule has 3 aromatic heterocycles. The van der Waals surface area contributed by atoms with Gasteiger partial charge in [-0.25, -0.2) is 0 Å². The van der Waals surface area contributed by atoms with Gasteiger partial charge in [-0.2, -0.15) is 0 Å². The summed E-state index contributed by atoms with van der Waals surface area (Å²) >= 11 is 0. The average Bonchev–Trinajstić information content (AvgIpc) is 3.59. The zero-order chi connectivity index (χ0) is 30.3. The minimum Gasteiger partial charge on any atom is -0.481 e. The van der Waals surface area contributed by atoms with Crippen LogP contribution < -0.4 is 26.7 Å². The molecule has 3 aromatic rings. The van der Waals surface area contributed by atoms with E-state index in [1.54, 1.807) is 0 Å². The number of aliphatic carboxylic acids is 2. The van der Waals surface area contributed by atoms with Gasteiger partial charge in [0.15, 0.2) is 0 Å². The third-order valence-electron chi connectivity index (χ3n) is 8.76. The van der Waals surface area contributed by atoms with Crippen LogP contribution in [-0.4, -0.2) is 43.1 Å². The molecule has 0 amide bonds. The second kappa shape index (κ2) is 11.3. The molecule has 5 rings (SSSR count). The number of hydrogen-bond acceptors (Lipinski definition) is 3. The highest BCUT2D eigenvalue weighted by atomic mass is 16.4. The molecule has 8 nitrogen and oxygen atoms in total. The van der Waals surface area contributed by atoms with Gasteiger partial charge in [0.05, 0.1) is 6.04 Å². The first kappa shape index (κ1) is 28.8. The standard InChI is InChI=1S/C34H38N4O4/c1-7-21-17(3)25-13-26-19(5)23(9-11-33(39)40)31(37-26)16-32-24(10-12-34(41)42)20(6)28(38-32)15-30-22(8-2)18(4)27(36-30)14-29(21)35-25/h7-8,13-16,19,26,35-38H,1-2,9-12H2,3-6H3,(H,39,40)(H,41,42)/b25-13-,28-15-,29-14-,32-16-. The van der Waals surface area contributed by atoms with Crippen LogP contribution in [0.4, 0.5) is 0 Å². The molecule has 0 saturated heterocycles. The Morgan fingerprint density at radius 3 is 2.10 bits per heavy atom. The number of carbonyl (C=O) groups is 2. The molecule has 8 heteroatoms. The Bertz CT molecular complexity index is 1910. The highest BCUT2D eigenvalue weighted by Crippen LogP contribution is 2.31. The van der Waals surface area contributed by atoms with Gasteiger partial charge in [0.25, 0.3) is 0 Å². The number of fused-ring (bicyclic) bond motifs is 8. The third kappa shape index (κ3) is 5.20. The van der Waals surface area contributed by atoms with Crippen molar-refractivity contribution in [3.05, 3.63) is 90.6 Å². The first-order chi connectivity index (χ1) is 20.0. The van der Waals surface area contributed by atoms with Crippen molar-refractivity contribution in [2.45, 2.75) is 59.4 Å². The summed E-state index contributed by atoms with van der Waals surface area (Å²) in [5.74, 6) is -1.66. The van der Waals surface area contributed by atoms with Crippen molar-refractivity contribution < 1.29 is 19.8 Å². The van der Waals surface area contributed by atoms with E-state index < -0.39 is 11.9 Å². The monoisotopic (exact) mass is 566 g/mol. The molecule has 0 aromatic carbocycles. The largest absolute Gasteiger partial charge is 0.481 e. The lowest BCUT2D eigenvalue weighted by molar-refractivity contribution is -0.138. The van der Waals surface area contributed by atoms with Crippen LogP contribution in [-0.2, 0) is 16.0 Å². The van der Waals surface area contributed by atoms with Gasteiger partial charge in [0.1, 0.15) is 0 Å². The summed E-state index contributed by atoms with van der Waals surface area (Å²) in [7, 11) is 0. The zero-order valence-electron chi connectivity index (χ0n) is 24.6. The number of allylic oxidation sites excluding steroid dienone is 1. The molecule has 0 fully saturated rings. The lowest BCUT2D eigenvalue weighted by Crippen LogP contribution is -2.29. The molecule has 2 unspecified atom stereocenters. The van der Waals surface area contributed by atoms with Crippen LogP contribution in [0.2, 0.25) is 0 Å². The quantitative estimate of drug-likeness (QED) is 0.249. The number of H-pyrrole nitrogens is 3. The molecule has 2 aliphatic rings. The number of carboxylic acid groups (broad SMARTS) is 2. The number of nitrogens with one attached hydrogen (secondary N) is 4. The SMILES string of the molecule is C=Cc1c2[nH]c(c1C)/C=c1\[nH]/c(c(C)c1C=C)=C\C1NC(=C(CCC(=O)O)C1C)/C=c1\[nH]/c(c(C)c1CCC(=O)O)=C\2. The molecular weight excluding hydrogens is 528 g/mol. The second-order valence-electron chi connectivity index (χ2n) is 11.2. The van der Waals surface area contributed by atoms with Gasteiger partial charge in [-0.1, -0.05) is 32.2 Å². The molecule has 5 heterocycles. The average molecular weight is 567 g/mol. The number of aromatic amines is 3. The van der Waals surface area contributed by atoms with E-state index in [4.69, 9.17) is 0 Å². The Morgan fingerprint density at radius 2 is 1.43 bits per heavy atom. The summed E-state index contributed by atoms with van der Waals surface area (Å²) in [6.45, 7) is 16.4. The normalized spacial score (nSPS) is 20.7. The fourth-order valence-electron chi connectivity index (χ4n) is 6.27. The van der Waals surface area contributed by atoms with Gasteiger partial charge < -0.3 is 30.5 Å². The summed E-state index contributed by atoms with van der Waals surface area (Å²) in [6.07, 6.45) is 12.9. The van der Waals surface area contributed by atoms with Gasteiger partial charge in [0, 0.05) is 68.4 Å². The van der Waals surface area contributed by atoms with E-state index in [1.165, 1.54) is 0 Å². The molecule has 2 aliphatic heterocycles. The molecule has 218 valence electrons. The first-order valence-corrected chi connectivity index (χ1v) is 14.3. The van der Waals surface area contributed by atoms with Gasteiger partial charge in [-0.15, -0.1) is 0 Å². The summed E-state index contributed by atoms with van der Waals surface area (Å²) in [6, 6.07) is -0.0772. The smallest absolute Gasteiger partial charge is 0.303 e. The summed E-state index contributed by atoms with van der Waals surface area (Å²) in [5.41, 5.74) is 9.80. The topological polar surface area (TPSA) is 134 Å². The van der Waals surface area contributed by atoms with E-state index >= 15 is 0 Å². The highest BCUT2D eigenvalue weighted by Gasteiger charge is 2.29. The Morgan fingerprint density at radius 1 is 0.786 bits per heavy atom. The number of carboxylic acids is 2. The van der Waals surface area contributed by atoms with Crippen LogP contribution in [0.15, 0.2) is 24.4 Å². The van der Waals surface area contributed by atoms with Crippen LogP contribution in [0, 0.1) is 26.7 Å². The molecule has 0 saturated carbocycles. The lowest BCUT2D eigenvalue weighted by Gasteiger charge is -2.14. The highest BCUT2D eigenvalue weighted by molar-refractivity contribution is 5.72. The van der Waals surface area contributed by atoms with E-state index in [1.807, 2.05) is 31.2 Å². The van der Waals surface area contributed by atoms with E-state index in [-0.39, 0.29) is 24.8 Å². The van der Waals surface area contributed by atoms with Gasteiger partial charge in [-0.05, 0) is 85.7 Å². The Kier molecular flexibility index (Phi) is 7.73. The van der Waals surface area contributed by atoms with Crippen LogP contribution in [0.5, 0.6) is 0 Å². The van der Waals surface area contributed by atoms with Crippen molar-refractivity contribution >= 4 is 48.4 Å². The maximum absolute atomic E-state index is 11.6. The Labute approximate surface area is 244 Å². The van der Waals surface area contributed by atoms with E-state index in [0.717, 1.165) is 77.4 Å². The summed E-state index contributed by atoms with van der Waals surface area (Å²) in [5, 5.41) is 26.2. The lowest BCUT2D eigenvalue weighted by atomic mass is 9.92. The molecular formula is C34H38N4O4. The minimum absolute atomic E-state index is 0.00258. The molecule has 0 aliphatic carbocycles. The van der Waals surface area contributed by atoms with E-state index in [2.05, 4.69) is 66.3 Å². The molecule has 2 atom stereocenters. The van der Waals surface area contributed by atoms with Crippen LogP contribution >= 0.6 is 0 Å². The van der Waals surface area contributed by atoms with Crippen molar-refractivity contribution in [1.82, 2.24) is 20.3 Å². The second-order valence-corrected chi connectivity index (χ2v) is 11.2. The van der Waals surface area contributed by atoms with Crippen molar-refractivity contribution in [2.24, 2.45) is 5.92 Å². The van der Waals surface area contributed by atoms with Crippen LogP contribution in [0.1, 0.15) is 71.0 Å². The van der Waals surface area contributed by atoms with E-state index in [9.17, 15) is 19.8 Å². The number of hydrogen-bond donors (Lipinski definition) is 6. The van der Waals surface area contributed by atoms with Crippen molar-refractivity contribution in [3.8, 4) is 0 Å². The number of aromatic nitrogens is 3. The summed E-state index contributed by atoms with van der Waals surface area (Å²) < 4.78 is 0. The maximum Gasteiger partial charge on any atom is 0.303 e. The Balaban J connectivity index is 1.86. The molecule has 6 N–H and O–H groups in total. The fraction of sp³-hybridized carbons (Fsp3) is 0.294. The predicted molar refractivity (Wildman–Crippen MR) is 167 cm³/mol. The van der Waals surface area contributed by atoms with Crippen molar-refractivity contribution in [2.75, 3.05) is 0 Å². The van der Waals surface area contributed by atoms with Gasteiger partial charge in [0.2, 0.25) is 0 Å². The van der Waals surface area contributed by atoms with Gasteiger partial charge in [-0.3, -0.25) is 9.59 Å².